The highest BCUT2D eigenvalue weighted by molar-refractivity contribution is 5.84. The van der Waals surface area contributed by atoms with Crippen molar-refractivity contribution in [2.24, 2.45) is 17.2 Å². The van der Waals surface area contributed by atoms with Gasteiger partial charge in [0.25, 0.3) is 5.56 Å². The molecule has 2 heterocycles. The predicted octanol–water partition coefficient (Wildman–Crippen LogP) is -0.287. The normalized spacial score (nSPS) is 12.0. The van der Waals surface area contributed by atoms with Crippen LogP contribution in [0, 0.1) is 0 Å². The van der Waals surface area contributed by atoms with Crippen molar-refractivity contribution < 1.29 is 19.8 Å². The van der Waals surface area contributed by atoms with Crippen LogP contribution in [0.2, 0.25) is 0 Å². The summed E-state index contributed by atoms with van der Waals surface area (Å²) in [4.78, 5) is 48.5. The van der Waals surface area contributed by atoms with Crippen molar-refractivity contribution in [3.05, 3.63) is 69.1 Å². The average molecular weight is 463 g/mol. The highest BCUT2D eigenvalue weighted by Gasteiger charge is 2.14. The minimum absolute atomic E-state index is 0.347. The van der Waals surface area contributed by atoms with Gasteiger partial charge >= 0.3 is 17.6 Å². The topological polar surface area (TPSA) is 234 Å². The molecule has 0 aliphatic rings. The number of benzene rings is 1. The van der Waals surface area contributed by atoms with E-state index in [1.165, 1.54) is 12.3 Å². The maximum Gasteiger partial charge on any atom is 0.325 e. The van der Waals surface area contributed by atoms with Gasteiger partial charge in [-0.2, -0.15) is 0 Å². The molecule has 1 aromatic carbocycles. The SMILES string of the molecule is NC(Cc1c[nH]c2ccccc12)C(=O)O.NCCCCC(N)C(=O)O.O=c1cc[nH]c(=O)[nH]1. The minimum Gasteiger partial charge on any atom is -0.480 e. The van der Waals surface area contributed by atoms with Crippen molar-refractivity contribution in [3.63, 3.8) is 0 Å². The van der Waals surface area contributed by atoms with E-state index in [1.54, 1.807) is 0 Å². The lowest BCUT2D eigenvalue weighted by molar-refractivity contribution is -0.139. The third-order valence-electron chi connectivity index (χ3n) is 4.40. The van der Waals surface area contributed by atoms with E-state index >= 15 is 0 Å². The first kappa shape index (κ1) is 27.3. The Kier molecular flexibility index (Phi) is 11.9. The summed E-state index contributed by atoms with van der Waals surface area (Å²) in [6.07, 6.45) is 5.62. The Balaban J connectivity index is 0.000000264. The van der Waals surface area contributed by atoms with Gasteiger partial charge in [0.2, 0.25) is 0 Å². The molecule has 12 nitrogen and oxygen atoms in total. The van der Waals surface area contributed by atoms with Crippen LogP contribution in [0.15, 0.2) is 52.3 Å². The third-order valence-corrected chi connectivity index (χ3v) is 4.40. The van der Waals surface area contributed by atoms with Gasteiger partial charge in [-0.15, -0.1) is 0 Å². The number of H-pyrrole nitrogens is 3. The molecule has 0 amide bonds. The molecule has 0 aliphatic heterocycles. The zero-order valence-corrected chi connectivity index (χ0v) is 18.0. The van der Waals surface area contributed by atoms with Gasteiger partial charge in [0.05, 0.1) is 0 Å². The van der Waals surface area contributed by atoms with Crippen molar-refractivity contribution in [2.45, 2.75) is 37.8 Å². The molecular formula is C21H30N6O6. The maximum absolute atomic E-state index is 10.6. The lowest BCUT2D eigenvalue weighted by atomic mass is 10.1. The predicted molar refractivity (Wildman–Crippen MR) is 124 cm³/mol. The van der Waals surface area contributed by atoms with Gasteiger partial charge in [-0.25, -0.2) is 4.79 Å². The number of aromatic amines is 3. The minimum atomic E-state index is -0.972. The van der Waals surface area contributed by atoms with E-state index in [-0.39, 0.29) is 5.56 Å². The van der Waals surface area contributed by atoms with Crippen LogP contribution in [0.25, 0.3) is 10.9 Å². The second kappa shape index (κ2) is 14.3. The number of nitrogens with one attached hydrogen (secondary N) is 3. The molecule has 0 radical (unpaired) electrons. The summed E-state index contributed by atoms with van der Waals surface area (Å²) in [5.74, 6) is -1.91. The van der Waals surface area contributed by atoms with Gasteiger partial charge in [-0.05, 0) is 31.0 Å². The van der Waals surface area contributed by atoms with Crippen LogP contribution in [-0.2, 0) is 16.0 Å². The van der Waals surface area contributed by atoms with Crippen LogP contribution in [0.3, 0.4) is 0 Å². The Labute approximate surface area is 188 Å². The number of aliphatic carboxylic acids is 2. The molecule has 0 saturated heterocycles. The van der Waals surface area contributed by atoms with Crippen molar-refractivity contribution in [2.75, 3.05) is 6.54 Å². The van der Waals surface area contributed by atoms with Crippen LogP contribution in [-0.4, -0.2) is 55.7 Å². The van der Waals surface area contributed by atoms with Crippen LogP contribution in [0.5, 0.6) is 0 Å². The smallest absolute Gasteiger partial charge is 0.325 e. The second-order valence-electron chi connectivity index (χ2n) is 7.03. The molecule has 2 atom stereocenters. The molecule has 12 heteroatoms. The molecule has 11 N–H and O–H groups in total. The molecule has 180 valence electrons. The quantitative estimate of drug-likeness (QED) is 0.205. The van der Waals surface area contributed by atoms with Crippen LogP contribution in [0.4, 0.5) is 0 Å². The number of nitrogens with two attached hydrogens (primary N) is 3. The van der Waals surface area contributed by atoms with Gasteiger partial charge in [0.15, 0.2) is 0 Å². The number of hydrogen-bond donors (Lipinski definition) is 8. The Morgan fingerprint density at radius 1 is 0.939 bits per heavy atom. The number of hydrogen-bond acceptors (Lipinski definition) is 7. The molecule has 2 aromatic heterocycles. The molecule has 0 saturated carbocycles. The number of rotatable bonds is 8. The van der Waals surface area contributed by atoms with Gasteiger partial charge in [-0.3, -0.25) is 19.4 Å². The fraction of sp³-hybridized carbons (Fsp3) is 0.333. The molecule has 2 unspecified atom stereocenters. The van der Waals surface area contributed by atoms with Gasteiger partial charge < -0.3 is 37.4 Å². The first-order chi connectivity index (χ1) is 15.6. The summed E-state index contributed by atoms with van der Waals surface area (Å²) >= 11 is 0. The summed E-state index contributed by atoms with van der Waals surface area (Å²) in [5.41, 5.74) is 17.0. The molecule has 3 aromatic rings. The lowest BCUT2D eigenvalue weighted by Gasteiger charge is -2.04. The van der Waals surface area contributed by atoms with Gasteiger partial charge in [0.1, 0.15) is 12.1 Å². The van der Waals surface area contributed by atoms with Crippen molar-refractivity contribution in [1.29, 1.82) is 0 Å². The summed E-state index contributed by atoms with van der Waals surface area (Å²) in [5, 5.41) is 18.1. The lowest BCUT2D eigenvalue weighted by Crippen LogP contribution is -2.32. The summed E-state index contributed by atoms with van der Waals surface area (Å²) < 4.78 is 0. The van der Waals surface area contributed by atoms with Crippen molar-refractivity contribution in [3.8, 4) is 0 Å². The Morgan fingerprint density at radius 3 is 2.15 bits per heavy atom. The van der Waals surface area contributed by atoms with E-state index in [4.69, 9.17) is 27.4 Å². The summed E-state index contributed by atoms with van der Waals surface area (Å²) in [6, 6.07) is 7.43. The second-order valence-corrected chi connectivity index (χ2v) is 7.03. The van der Waals surface area contributed by atoms with E-state index in [9.17, 15) is 19.2 Å². The van der Waals surface area contributed by atoms with E-state index in [2.05, 4.69) is 9.97 Å². The van der Waals surface area contributed by atoms with Crippen LogP contribution >= 0.6 is 0 Å². The average Bonchev–Trinajstić information content (AvgIpc) is 3.17. The number of carbonyl (C=O) groups is 2. The summed E-state index contributed by atoms with van der Waals surface area (Å²) in [7, 11) is 0. The zero-order chi connectivity index (χ0) is 24.8. The fourth-order valence-electron chi connectivity index (χ4n) is 2.64. The monoisotopic (exact) mass is 462 g/mol. The van der Waals surface area contributed by atoms with E-state index < -0.39 is 29.7 Å². The number of para-hydroxylation sites is 1. The highest BCUT2D eigenvalue weighted by atomic mass is 16.4. The zero-order valence-electron chi connectivity index (χ0n) is 18.0. The van der Waals surface area contributed by atoms with E-state index in [1.807, 2.05) is 35.4 Å². The molecular weight excluding hydrogens is 432 g/mol. The number of carboxylic acids is 2. The first-order valence-corrected chi connectivity index (χ1v) is 10.2. The van der Waals surface area contributed by atoms with Crippen LogP contribution < -0.4 is 28.5 Å². The van der Waals surface area contributed by atoms with Crippen molar-refractivity contribution in [1.82, 2.24) is 15.0 Å². The number of aromatic nitrogens is 3. The summed E-state index contributed by atoms with van der Waals surface area (Å²) in [6.45, 7) is 0.604. The molecule has 0 aliphatic carbocycles. The van der Waals surface area contributed by atoms with Crippen LogP contribution in [0.1, 0.15) is 24.8 Å². The Bertz CT molecular complexity index is 1100. The fourth-order valence-corrected chi connectivity index (χ4v) is 2.64. The van der Waals surface area contributed by atoms with E-state index in [0.29, 0.717) is 19.4 Å². The van der Waals surface area contributed by atoms with Crippen molar-refractivity contribution >= 4 is 22.8 Å². The number of carboxylic acid groups (broad SMARTS) is 2. The van der Waals surface area contributed by atoms with Gasteiger partial charge in [-0.1, -0.05) is 24.6 Å². The molecule has 0 fully saturated rings. The number of fused-ring (bicyclic) bond motifs is 1. The largest absolute Gasteiger partial charge is 0.480 e. The molecule has 0 spiro atoms. The standard InChI is InChI=1S/C11H12N2O2.C6H14N2O2.C4H4N2O2/c12-9(11(14)15)5-7-6-13-10-4-2-1-3-8(7)10;7-4-2-1-3-5(8)6(9)10;7-3-1-2-5-4(8)6-3/h1-4,6,9,13H,5,12H2,(H,14,15);5H,1-4,7-8H2,(H,9,10);1-2H,(H2,5,6,7,8). The molecule has 33 heavy (non-hydrogen) atoms. The van der Waals surface area contributed by atoms with Gasteiger partial charge in [0, 0.05) is 35.8 Å². The molecule has 3 rings (SSSR count). The highest BCUT2D eigenvalue weighted by Crippen LogP contribution is 2.18. The van der Waals surface area contributed by atoms with E-state index in [0.717, 1.165) is 29.3 Å². The Hall–Kier alpha value is -3.74. The first-order valence-electron chi connectivity index (χ1n) is 10.2. The number of unbranched alkanes of at least 4 members (excludes halogenated alkanes) is 1. The maximum atomic E-state index is 10.6. The Morgan fingerprint density at radius 2 is 1.61 bits per heavy atom. The third kappa shape index (κ3) is 10.4. The molecule has 0 bridgehead atoms.